The second-order valence-corrected chi connectivity index (χ2v) is 4.89. The zero-order valence-corrected chi connectivity index (χ0v) is 11.9. The molecule has 0 unspecified atom stereocenters. The Morgan fingerprint density at radius 2 is 2.19 bits per heavy atom. The molecule has 0 aliphatic rings. The summed E-state index contributed by atoms with van der Waals surface area (Å²) in [4.78, 5) is 16.4. The van der Waals surface area contributed by atoms with Crippen LogP contribution >= 0.6 is 0 Å². The van der Waals surface area contributed by atoms with Gasteiger partial charge in [0.1, 0.15) is 5.65 Å². The molecule has 6 heteroatoms. The molecule has 108 valence electrons. The highest BCUT2D eigenvalue weighted by Gasteiger charge is 2.02. The summed E-state index contributed by atoms with van der Waals surface area (Å²) in [5.74, 6) is 0. The number of pyridine rings is 1. The van der Waals surface area contributed by atoms with E-state index in [1.165, 1.54) is 5.69 Å². The molecule has 3 heterocycles. The van der Waals surface area contributed by atoms with Crippen LogP contribution in [0.4, 0.5) is 0 Å². The summed E-state index contributed by atoms with van der Waals surface area (Å²) in [5.41, 5.74) is 2.56. The van der Waals surface area contributed by atoms with Crippen molar-refractivity contribution in [1.29, 1.82) is 0 Å². The maximum Gasteiger partial charge on any atom is 0.258 e. The Morgan fingerprint density at radius 3 is 3.00 bits per heavy atom. The molecule has 0 fully saturated rings. The summed E-state index contributed by atoms with van der Waals surface area (Å²) < 4.78 is 3.40. The van der Waals surface area contributed by atoms with Crippen LogP contribution in [0.5, 0.6) is 0 Å². The molecular weight excluding hydrogens is 266 g/mol. The van der Waals surface area contributed by atoms with Gasteiger partial charge in [0, 0.05) is 50.7 Å². The van der Waals surface area contributed by atoms with Gasteiger partial charge in [0.05, 0.1) is 5.69 Å². The average molecular weight is 283 g/mol. The van der Waals surface area contributed by atoms with Crippen molar-refractivity contribution in [3.05, 3.63) is 64.5 Å². The van der Waals surface area contributed by atoms with E-state index in [1.54, 1.807) is 22.9 Å². The largest absolute Gasteiger partial charge is 0.311 e. The first kappa shape index (κ1) is 13.5. The van der Waals surface area contributed by atoms with Gasteiger partial charge < -0.3 is 5.32 Å². The molecule has 0 bridgehead atoms. The molecule has 0 radical (unpaired) electrons. The van der Waals surface area contributed by atoms with Crippen molar-refractivity contribution in [3.8, 4) is 0 Å². The normalized spacial score (nSPS) is 11.1. The Labute approximate surface area is 122 Å². The SMILES string of the molecule is Cn1nccc1CCNCc1cc(=O)n2ccccc2n1. The van der Waals surface area contributed by atoms with Gasteiger partial charge in [0.2, 0.25) is 0 Å². The predicted molar refractivity (Wildman–Crippen MR) is 80.1 cm³/mol. The quantitative estimate of drug-likeness (QED) is 0.702. The van der Waals surface area contributed by atoms with Crippen molar-refractivity contribution in [2.75, 3.05) is 6.54 Å². The molecule has 0 aliphatic carbocycles. The molecule has 21 heavy (non-hydrogen) atoms. The molecular formula is C15H17N5O. The van der Waals surface area contributed by atoms with E-state index in [-0.39, 0.29) is 5.56 Å². The van der Waals surface area contributed by atoms with Gasteiger partial charge in [-0.3, -0.25) is 13.9 Å². The summed E-state index contributed by atoms with van der Waals surface area (Å²) in [5, 5.41) is 7.44. The van der Waals surface area contributed by atoms with E-state index in [0.29, 0.717) is 12.2 Å². The lowest BCUT2D eigenvalue weighted by atomic mass is 10.3. The van der Waals surface area contributed by atoms with E-state index < -0.39 is 0 Å². The Balaban J connectivity index is 1.63. The Morgan fingerprint density at radius 1 is 1.29 bits per heavy atom. The van der Waals surface area contributed by atoms with Crippen LogP contribution < -0.4 is 10.9 Å². The van der Waals surface area contributed by atoms with Gasteiger partial charge in [-0.05, 0) is 18.2 Å². The molecule has 0 aromatic carbocycles. The summed E-state index contributed by atoms with van der Waals surface area (Å²) in [6.45, 7) is 1.40. The second-order valence-electron chi connectivity index (χ2n) is 4.89. The fraction of sp³-hybridized carbons (Fsp3) is 0.267. The molecule has 1 N–H and O–H groups in total. The van der Waals surface area contributed by atoms with E-state index in [9.17, 15) is 4.79 Å². The van der Waals surface area contributed by atoms with Crippen molar-refractivity contribution >= 4 is 5.65 Å². The molecule has 0 saturated heterocycles. The van der Waals surface area contributed by atoms with E-state index in [0.717, 1.165) is 18.7 Å². The lowest BCUT2D eigenvalue weighted by molar-refractivity contribution is 0.636. The molecule has 3 rings (SSSR count). The van der Waals surface area contributed by atoms with E-state index >= 15 is 0 Å². The zero-order valence-electron chi connectivity index (χ0n) is 11.9. The third-order valence-electron chi connectivity index (χ3n) is 3.41. The number of nitrogens with zero attached hydrogens (tertiary/aromatic N) is 4. The highest BCUT2D eigenvalue weighted by Crippen LogP contribution is 1.99. The van der Waals surface area contributed by atoms with Crippen molar-refractivity contribution in [3.63, 3.8) is 0 Å². The van der Waals surface area contributed by atoms with Crippen LogP contribution in [0.1, 0.15) is 11.4 Å². The first-order chi connectivity index (χ1) is 10.2. The third-order valence-corrected chi connectivity index (χ3v) is 3.41. The van der Waals surface area contributed by atoms with Gasteiger partial charge in [0.15, 0.2) is 0 Å². The average Bonchev–Trinajstić information content (AvgIpc) is 2.89. The van der Waals surface area contributed by atoms with Crippen LogP contribution in [-0.4, -0.2) is 25.7 Å². The summed E-state index contributed by atoms with van der Waals surface area (Å²) >= 11 is 0. The van der Waals surface area contributed by atoms with Crippen LogP contribution in [0.3, 0.4) is 0 Å². The Kier molecular flexibility index (Phi) is 3.79. The van der Waals surface area contributed by atoms with Gasteiger partial charge in [-0.1, -0.05) is 6.07 Å². The fourth-order valence-corrected chi connectivity index (χ4v) is 2.27. The Bertz CT molecular complexity index is 805. The molecule has 0 spiro atoms. The van der Waals surface area contributed by atoms with Crippen LogP contribution in [0.15, 0.2) is 47.5 Å². The number of rotatable bonds is 5. The van der Waals surface area contributed by atoms with E-state index in [1.807, 2.05) is 36.0 Å². The summed E-state index contributed by atoms with van der Waals surface area (Å²) in [7, 11) is 1.93. The number of hydrogen-bond acceptors (Lipinski definition) is 4. The molecule has 0 aliphatic heterocycles. The van der Waals surface area contributed by atoms with Gasteiger partial charge in [-0.25, -0.2) is 4.98 Å². The molecule has 3 aromatic rings. The minimum Gasteiger partial charge on any atom is -0.311 e. The van der Waals surface area contributed by atoms with Crippen LogP contribution in [0.2, 0.25) is 0 Å². The van der Waals surface area contributed by atoms with Crippen molar-refractivity contribution in [1.82, 2.24) is 24.5 Å². The molecule has 0 saturated carbocycles. The Hall–Kier alpha value is -2.47. The topological polar surface area (TPSA) is 64.2 Å². The van der Waals surface area contributed by atoms with Gasteiger partial charge in [-0.15, -0.1) is 0 Å². The number of fused-ring (bicyclic) bond motifs is 1. The smallest absolute Gasteiger partial charge is 0.258 e. The highest BCUT2D eigenvalue weighted by molar-refractivity contribution is 5.37. The monoisotopic (exact) mass is 283 g/mol. The lowest BCUT2D eigenvalue weighted by Gasteiger charge is -2.06. The van der Waals surface area contributed by atoms with Crippen molar-refractivity contribution in [2.24, 2.45) is 7.05 Å². The summed E-state index contributed by atoms with van der Waals surface area (Å²) in [6.07, 6.45) is 4.41. The minimum atomic E-state index is -0.0518. The lowest BCUT2D eigenvalue weighted by Crippen LogP contribution is -2.21. The number of nitrogens with one attached hydrogen (secondary N) is 1. The number of aryl methyl sites for hydroxylation is 1. The molecule has 6 nitrogen and oxygen atoms in total. The minimum absolute atomic E-state index is 0.0518. The first-order valence-corrected chi connectivity index (χ1v) is 6.89. The second kappa shape index (κ2) is 5.88. The van der Waals surface area contributed by atoms with Gasteiger partial charge in [-0.2, -0.15) is 5.10 Å². The third kappa shape index (κ3) is 3.00. The standard InChI is InChI=1S/C15H17N5O/c1-19-13(6-8-17-19)5-7-16-11-12-10-15(21)20-9-3-2-4-14(20)18-12/h2-4,6,8-10,16H,5,7,11H2,1H3. The van der Waals surface area contributed by atoms with Crippen molar-refractivity contribution in [2.45, 2.75) is 13.0 Å². The summed E-state index contributed by atoms with van der Waals surface area (Å²) in [6, 6.07) is 9.11. The zero-order chi connectivity index (χ0) is 14.7. The van der Waals surface area contributed by atoms with Crippen LogP contribution in [-0.2, 0) is 20.0 Å². The van der Waals surface area contributed by atoms with Gasteiger partial charge >= 0.3 is 0 Å². The first-order valence-electron chi connectivity index (χ1n) is 6.89. The van der Waals surface area contributed by atoms with Crippen molar-refractivity contribution < 1.29 is 0 Å². The van der Waals surface area contributed by atoms with Crippen LogP contribution in [0.25, 0.3) is 5.65 Å². The molecule has 3 aromatic heterocycles. The van der Waals surface area contributed by atoms with E-state index in [4.69, 9.17) is 0 Å². The maximum atomic E-state index is 11.9. The van der Waals surface area contributed by atoms with Crippen LogP contribution in [0, 0.1) is 0 Å². The maximum absolute atomic E-state index is 11.9. The number of aromatic nitrogens is 4. The fourth-order valence-electron chi connectivity index (χ4n) is 2.27. The predicted octanol–water partition coefficient (Wildman–Crippen LogP) is 0.760. The van der Waals surface area contributed by atoms with E-state index in [2.05, 4.69) is 15.4 Å². The molecule has 0 atom stereocenters. The number of hydrogen-bond donors (Lipinski definition) is 1. The molecule has 0 amide bonds. The highest BCUT2D eigenvalue weighted by atomic mass is 16.1. The van der Waals surface area contributed by atoms with Gasteiger partial charge in [0.25, 0.3) is 5.56 Å².